The zero-order valence-corrected chi connectivity index (χ0v) is 7.52. The van der Waals surface area contributed by atoms with Gasteiger partial charge in [-0.1, -0.05) is 18.3 Å². The van der Waals surface area contributed by atoms with Gasteiger partial charge in [0.1, 0.15) is 0 Å². The summed E-state index contributed by atoms with van der Waals surface area (Å²) in [7, 11) is 0. The van der Waals surface area contributed by atoms with E-state index < -0.39 is 5.70 Å². The summed E-state index contributed by atoms with van der Waals surface area (Å²) >= 11 is 6.78. The first-order valence-electron chi connectivity index (χ1n) is 2.48. The van der Waals surface area contributed by atoms with Gasteiger partial charge < -0.3 is 0 Å². The third-order valence-electron chi connectivity index (χ3n) is 0.526. The SMILES string of the molecule is CCCSP(C)(=O)Cl. The number of halogens is 1. The first kappa shape index (κ1) is 8.87. The fraction of sp³-hybridized carbons (Fsp3) is 1.00. The molecule has 1 unspecified atom stereocenters. The molecule has 50 valence electrons. The Bertz CT molecular complexity index is 100. The molecule has 4 heteroatoms. The van der Waals surface area contributed by atoms with Gasteiger partial charge in [-0.3, -0.25) is 4.57 Å². The standard InChI is InChI=1S/C4H10ClOPS/c1-3-4-8-7(2,5)6/h3-4H2,1-2H3. The fourth-order valence-electron chi connectivity index (χ4n) is 0.254. The van der Waals surface area contributed by atoms with E-state index in [9.17, 15) is 4.57 Å². The molecule has 1 nitrogen and oxygen atoms in total. The van der Waals surface area contributed by atoms with Crippen LogP contribution in [0.3, 0.4) is 0 Å². The van der Waals surface area contributed by atoms with Crippen LogP contribution in [0.15, 0.2) is 0 Å². The predicted molar refractivity (Wildman–Crippen MR) is 42.1 cm³/mol. The molecule has 0 saturated heterocycles. The lowest BCUT2D eigenvalue weighted by Crippen LogP contribution is -1.68. The highest BCUT2D eigenvalue weighted by atomic mass is 35.7. The van der Waals surface area contributed by atoms with E-state index in [1.807, 2.05) is 6.92 Å². The van der Waals surface area contributed by atoms with Gasteiger partial charge in [0, 0.05) is 12.4 Å². The lowest BCUT2D eigenvalue weighted by molar-refractivity contribution is 0.596. The van der Waals surface area contributed by atoms with Crippen molar-refractivity contribution in [1.29, 1.82) is 0 Å². The minimum Gasteiger partial charge on any atom is -0.295 e. The second kappa shape index (κ2) is 3.81. The highest BCUT2D eigenvalue weighted by Crippen LogP contribution is 2.59. The summed E-state index contributed by atoms with van der Waals surface area (Å²) in [6, 6.07) is 0. The molecule has 0 aliphatic carbocycles. The van der Waals surface area contributed by atoms with Crippen LogP contribution in [0.5, 0.6) is 0 Å². The van der Waals surface area contributed by atoms with Crippen LogP contribution < -0.4 is 0 Å². The predicted octanol–water partition coefficient (Wildman–Crippen LogP) is 3.19. The molecule has 0 saturated carbocycles. The van der Waals surface area contributed by atoms with Gasteiger partial charge in [0.05, 0.1) is 0 Å². The first-order chi connectivity index (χ1) is 3.56. The van der Waals surface area contributed by atoms with Crippen LogP contribution >= 0.6 is 28.3 Å². The van der Waals surface area contributed by atoms with Gasteiger partial charge in [0.2, 0.25) is 5.70 Å². The molecule has 0 aromatic carbocycles. The Balaban J connectivity index is 3.26. The minimum absolute atomic E-state index is 0.900. The van der Waals surface area contributed by atoms with Crippen LogP contribution in [0.2, 0.25) is 0 Å². The molecule has 0 aliphatic heterocycles. The summed E-state index contributed by atoms with van der Waals surface area (Å²) in [6.07, 6.45) is 1.04. The van der Waals surface area contributed by atoms with Gasteiger partial charge >= 0.3 is 0 Å². The summed E-state index contributed by atoms with van der Waals surface area (Å²) in [5, 5.41) is 0. The van der Waals surface area contributed by atoms with Gasteiger partial charge in [-0.05, 0) is 17.7 Å². The molecule has 0 aliphatic rings. The number of rotatable bonds is 3. The summed E-state index contributed by atoms with van der Waals surface area (Å²) in [5.74, 6) is 0.900. The molecule has 0 spiro atoms. The molecule has 0 heterocycles. The summed E-state index contributed by atoms with van der Waals surface area (Å²) in [6.45, 7) is 3.62. The monoisotopic (exact) mass is 172 g/mol. The second-order valence-corrected chi connectivity index (χ2v) is 9.14. The molecule has 0 N–H and O–H groups in total. The van der Waals surface area contributed by atoms with E-state index in [0.717, 1.165) is 12.2 Å². The topological polar surface area (TPSA) is 17.1 Å². The van der Waals surface area contributed by atoms with Crippen molar-refractivity contribution >= 4 is 28.3 Å². The van der Waals surface area contributed by atoms with E-state index in [-0.39, 0.29) is 0 Å². The van der Waals surface area contributed by atoms with Gasteiger partial charge in [-0.15, -0.1) is 0 Å². The van der Waals surface area contributed by atoms with Crippen molar-refractivity contribution in [2.24, 2.45) is 0 Å². The number of hydrogen-bond acceptors (Lipinski definition) is 2. The van der Waals surface area contributed by atoms with E-state index in [0.29, 0.717) is 0 Å². The molecule has 8 heavy (non-hydrogen) atoms. The largest absolute Gasteiger partial charge is 0.295 e. The third kappa shape index (κ3) is 6.87. The summed E-state index contributed by atoms with van der Waals surface area (Å²) < 4.78 is 10.7. The van der Waals surface area contributed by atoms with E-state index in [1.165, 1.54) is 11.4 Å². The van der Waals surface area contributed by atoms with Crippen molar-refractivity contribution in [2.75, 3.05) is 12.4 Å². The normalized spacial score (nSPS) is 17.9. The molecule has 0 aromatic rings. The van der Waals surface area contributed by atoms with E-state index >= 15 is 0 Å². The highest BCUT2D eigenvalue weighted by molar-refractivity contribution is 8.65. The zero-order chi connectivity index (χ0) is 6.62. The lowest BCUT2D eigenvalue weighted by Gasteiger charge is -1.98. The molecule has 0 amide bonds. The van der Waals surface area contributed by atoms with Crippen LogP contribution in [-0.4, -0.2) is 12.4 Å². The van der Waals surface area contributed by atoms with E-state index in [4.69, 9.17) is 11.2 Å². The maximum atomic E-state index is 10.7. The van der Waals surface area contributed by atoms with Crippen LogP contribution in [0.1, 0.15) is 13.3 Å². The van der Waals surface area contributed by atoms with Gasteiger partial charge in [-0.25, -0.2) is 0 Å². The Hall–Kier alpha value is 0.870. The van der Waals surface area contributed by atoms with Crippen molar-refractivity contribution in [3.05, 3.63) is 0 Å². The van der Waals surface area contributed by atoms with Gasteiger partial charge in [0.25, 0.3) is 0 Å². The van der Waals surface area contributed by atoms with Crippen molar-refractivity contribution in [3.63, 3.8) is 0 Å². The molecular formula is C4H10ClOPS. The summed E-state index contributed by atoms with van der Waals surface area (Å²) in [5.41, 5.74) is -2.29. The molecule has 0 aromatic heterocycles. The summed E-state index contributed by atoms with van der Waals surface area (Å²) in [4.78, 5) is 0. The Morgan fingerprint density at radius 2 is 2.25 bits per heavy atom. The van der Waals surface area contributed by atoms with Crippen molar-refractivity contribution in [3.8, 4) is 0 Å². The average Bonchev–Trinajstić information content (AvgIpc) is 1.59. The lowest BCUT2D eigenvalue weighted by atomic mass is 10.6. The molecule has 0 fully saturated rings. The Kier molecular flexibility index (Phi) is 4.23. The maximum Gasteiger partial charge on any atom is 0.218 e. The molecular weight excluding hydrogens is 163 g/mol. The van der Waals surface area contributed by atoms with Gasteiger partial charge in [-0.2, -0.15) is 0 Å². The Morgan fingerprint density at radius 3 is 2.38 bits per heavy atom. The highest BCUT2D eigenvalue weighted by Gasteiger charge is 2.07. The molecule has 0 bridgehead atoms. The van der Waals surface area contributed by atoms with Crippen LogP contribution in [0.25, 0.3) is 0 Å². The maximum absolute atomic E-state index is 10.7. The minimum atomic E-state index is -2.29. The van der Waals surface area contributed by atoms with Crippen LogP contribution in [0, 0.1) is 0 Å². The smallest absolute Gasteiger partial charge is 0.218 e. The molecule has 0 radical (unpaired) electrons. The quantitative estimate of drug-likeness (QED) is 0.609. The Labute approximate surface area is 59.1 Å². The van der Waals surface area contributed by atoms with Crippen molar-refractivity contribution in [2.45, 2.75) is 13.3 Å². The van der Waals surface area contributed by atoms with Gasteiger partial charge in [0.15, 0.2) is 0 Å². The van der Waals surface area contributed by atoms with Crippen LogP contribution in [-0.2, 0) is 4.57 Å². The Morgan fingerprint density at radius 1 is 1.75 bits per heavy atom. The second-order valence-electron chi connectivity index (χ2n) is 1.58. The molecule has 1 atom stereocenters. The average molecular weight is 173 g/mol. The number of hydrogen-bond donors (Lipinski definition) is 0. The zero-order valence-electron chi connectivity index (χ0n) is 5.06. The van der Waals surface area contributed by atoms with E-state index in [2.05, 4.69) is 0 Å². The van der Waals surface area contributed by atoms with Crippen molar-refractivity contribution in [1.82, 2.24) is 0 Å². The van der Waals surface area contributed by atoms with Crippen LogP contribution in [0.4, 0.5) is 0 Å². The van der Waals surface area contributed by atoms with Crippen molar-refractivity contribution < 1.29 is 4.57 Å². The first-order valence-corrected chi connectivity index (χ1v) is 7.13. The van der Waals surface area contributed by atoms with E-state index in [1.54, 1.807) is 6.66 Å². The fourth-order valence-corrected chi connectivity index (χ4v) is 2.91. The third-order valence-corrected chi connectivity index (χ3v) is 4.39. The molecule has 0 rings (SSSR count).